The Morgan fingerprint density at radius 1 is 1.45 bits per heavy atom. The highest BCUT2D eigenvalue weighted by atomic mass is 16.3. The monoisotopic (exact) mass is 280 g/mol. The zero-order chi connectivity index (χ0) is 14.2. The standard InChI is InChI=1S/C16H28N2O2/c19-11-8-15-7-10-18(12-15)13-16(20)17-9-6-14-4-2-1-3-5-14/h4,15,19H,1-3,5-13H2,(H,17,20). The molecule has 1 fully saturated rings. The van der Waals surface area contributed by atoms with Crippen LogP contribution in [0.2, 0.25) is 0 Å². The predicted molar refractivity (Wildman–Crippen MR) is 80.4 cm³/mol. The largest absolute Gasteiger partial charge is 0.396 e. The van der Waals surface area contributed by atoms with Crippen LogP contribution in [0.15, 0.2) is 11.6 Å². The van der Waals surface area contributed by atoms with E-state index >= 15 is 0 Å². The van der Waals surface area contributed by atoms with Gasteiger partial charge in [-0.25, -0.2) is 0 Å². The lowest BCUT2D eigenvalue weighted by molar-refractivity contribution is -0.122. The highest BCUT2D eigenvalue weighted by Crippen LogP contribution is 2.20. The Bertz CT molecular complexity index is 341. The second-order valence-corrected chi connectivity index (χ2v) is 6.11. The van der Waals surface area contributed by atoms with Crippen LogP contribution in [0.25, 0.3) is 0 Å². The van der Waals surface area contributed by atoms with Crippen molar-refractivity contribution in [1.82, 2.24) is 10.2 Å². The Labute approximate surface area is 122 Å². The minimum atomic E-state index is 0.144. The smallest absolute Gasteiger partial charge is 0.234 e. The molecular weight excluding hydrogens is 252 g/mol. The Morgan fingerprint density at radius 3 is 3.10 bits per heavy atom. The van der Waals surface area contributed by atoms with Gasteiger partial charge in [0.2, 0.25) is 5.91 Å². The first-order chi connectivity index (χ1) is 9.78. The van der Waals surface area contributed by atoms with Gasteiger partial charge in [-0.3, -0.25) is 9.69 Å². The number of aliphatic hydroxyl groups excluding tert-OH is 1. The second kappa shape index (κ2) is 8.42. The molecule has 1 atom stereocenters. The zero-order valence-electron chi connectivity index (χ0n) is 12.4. The van der Waals surface area contributed by atoms with Gasteiger partial charge in [0.15, 0.2) is 0 Å². The van der Waals surface area contributed by atoms with Gasteiger partial charge in [-0.05, 0) is 57.4 Å². The van der Waals surface area contributed by atoms with E-state index in [0.29, 0.717) is 12.5 Å². The molecule has 0 aromatic rings. The Balaban J connectivity index is 1.57. The van der Waals surface area contributed by atoms with E-state index in [1.54, 1.807) is 0 Å². The number of nitrogens with zero attached hydrogens (tertiary/aromatic N) is 1. The Morgan fingerprint density at radius 2 is 2.35 bits per heavy atom. The maximum absolute atomic E-state index is 11.9. The normalized spacial score (nSPS) is 23.6. The molecule has 0 aromatic heterocycles. The topological polar surface area (TPSA) is 52.6 Å². The van der Waals surface area contributed by atoms with Crippen LogP contribution in [0, 0.1) is 5.92 Å². The summed E-state index contributed by atoms with van der Waals surface area (Å²) in [4.78, 5) is 14.1. The minimum Gasteiger partial charge on any atom is -0.396 e. The SMILES string of the molecule is O=C(CN1CCC(CCO)C1)NCCC1=CCCCC1. The lowest BCUT2D eigenvalue weighted by Crippen LogP contribution is -2.36. The highest BCUT2D eigenvalue weighted by molar-refractivity contribution is 5.78. The first kappa shape index (κ1) is 15.5. The van der Waals surface area contributed by atoms with E-state index in [9.17, 15) is 4.79 Å². The third kappa shape index (κ3) is 5.25. The molecular formula is C16H28N2O2. The van der Waals surface area contributed by atoms with Crippen LogP contribution in [0.3, 0.4) is 0 Å². The summed E-state index contributed by atoms with van der Waals surface area (Å²) < 4.78 is 0. The molecule has 0 spiro atoms. The Kier molecular flexibility index (Phi) is 6.54. The summed E-state index contributed by atoms with van der Waals surface area (Å²) in [5, 5.41) is 12.0. The fourth-order valence-corrected chi connectivity index (χ4v) is 3.23. The molecule has 1 unspecified atom stereocenters. The van der Waals surface area contributed by atoms with Gasteiger partial charge < -0.3 is 10.4 Å². The molecule has 2 N–H and O–H groups in total. The molecule has 2 rings (SSSR count). The number of carbonyl (C=O) groups excluding carboxylic acids is 1. The van der Waals surface area contributed by atoms with Crippen LogP contribution in [-0.4, -0.2) is 48.7 Å². The maximum atomic E-state index is 11.9. The van der Waals surface area contributed by atoms with E-state index in [-0.39, 0.29) is 12.5 Å². The summed E-state index contributed by atoms with van der Waals surface area (Å²) in [6.07, 6.45) is 10.4. The molecule has 1 heterocycles. The van der Waals surface area contributed by atoms with E-state index in [1.165, 1.54) is 31.3 Å². The zero-order valence-corrected chi connectivity index (χ0v) is 12.4. The molecule has 0 radical (unpaired) electrons. The van der Waals surface area contributed by atoms with E-state index in [1.807, 2.05) is 0 Å². The summed E-state index contributed by atoms with van der Waals surface area (Å²) in [6.45, 7) is 3.50. The van der Waals surface area contributed by atoms with Gasteiger partial charge in [-0.15, -0.1) is 0 Å². The molecule has 1 saturated heterocycles. The van der Waals surface area contributed by atoms with E-state index < -0.39 is 0 Å². The molecule has 0 bridgehead atoms. The number of allylic oxidation sites excluding steroid dienone is 1. The van der Waals surface area contributed by atoms with Gasteiger partial charge in [-0.1, -0.05) is 11.6 Å². The van der Waals surface area contributed by atoms with Gasteiger partial charge in [0, 0.05) is 19.7 Å². The number of hydrogen-bond donors (Lipinski definition) is 2. The van der Waals surface area contributed by atoms with Crippen LogP contribution in [-0.2, 0) is 4.79 Å². The summed E-state index contributed by atoms with van der Waals surface area (Å²) in [5.41, 5.74) is 1.51. The lowest BCUT2D eigenvalue weighted by atomic mass is 9.97. The number of carbonyl (C=O) groups is 1. The second-order valence-electron chi connectivity index (χ2n) is 6.11. The van der Waals surface area contributed by atoms with Crippen LogP contribution < -0.4 is 5.32 Å². The van der Waals surface area contributed by atoms with Crippen LogP contribution in [0.4, 0.5) is 0 Å². The van der Waals surface area contributed by atoms with Crippen molar-refractivity contribution in [3.63, 3.8) is 0 Å². The van der Waals surface area contributed by atoms with Crippen molar-refractivity contribution >= 4 is 5.91 Å². The quantitative estimate of drug-likeness (QED) is 0.698. The molecule has 20 heavy (non-hydrogen) atoms. The fourth-order valence-electron chi connectivity index (χ4n) is 3.23. The van der Waals surface area contributed by atoms with Gasteiger partial charge >= 0.3 is 0 Å². The fraction of sp³-hybridized carbons (Fsp3) is 0.812. The molecule has 2 aliphatic rings. The van der Waals surface area contributed by atoms with Crippen molar-refractivity contribution in [3.05, 3.63) is 11.6 Å². The minimum absolute atomic E-state index is 0.144. The molecule has 4 nitrogen and oxygen atoms in total. The average molecular weight is 280 g/mol. The third-order valence-corrected chi connectivity index (χ3v) is 4.43. The first-order valence-corrected chi connectivity index (χ1v) is 8.05. The van der Waals surface area contributed by atoms with E-state index in [2.05, 4.69) is 16.3 Å². The van der Waals surface area contributed by atoms with Crippen molar-refractivity contribution in [1.29, 1.82) is 0 Å². The first-order valence-electron chi connectivity index (χ1n) is 8.05. The van der Waals surface area contributed by atoms with Crippen LogP contribution in [0.5, 0.6) is 0 Å². The van der Waals surface area contributed by atoms with E-state index in [0.717, 1.165) is 38.9 Å². The van der Waals surface area contributed by atoms with Crippen molar-refractivity contribution in [3.8, 4) is 0 Å². The van der Waals surface area contributed by atoms with Gasteiger partial charge in [0.25, 0.3) is 0 Å². The summed E-state index contributed by atoms with van der Waals surface area (Å²) in [7, 11) is 0. The maximum Gasteiger partial charge on any atom is 0.234 e. The summed E-state index contributed by atoms with van der Waals surface area (Å²) in [6, 6.07) is 0. The predicted octanol–water partition coefficient (Wildman–Crippen LogP) is 1.70. The van der Waals surface area contributed by atoms with Crippen LogP contribution >= 0.6 is 0 Å². The molecule has 114 valence electrons. The van der Waals surface area contributed by atoms with Gasteiger partial charge in [-0.2, -0.15) is 0 Å². The van der Waals surface area contributed by atoms with E-state index in [4.69, 9.17) is 5.11 Å². The summed E-state index contributed by atoms with van der Waals surface area (Å²) >= 11 is 0. The molecule has 4 heteroatoms. The molecule has 1 aliphatic carbocycles. The van der Waals surface area contributed by atoms with Crippen molar-refractivity contribution in [2.45, 2.75) is 44.9 Å². The van der Waals surface area contributed by atoms with Gasteiger partial charge in [0.05, 0.1) is 6.54 Å². The summed E-state index contributed by atoms with van der Waals surface area (Å²) in [5.74, 6) is 0.714. The van der Waals surface area contributed by atoms with Crippen molar-refractivity contribution in [2.75, 3.05) is 32.8 Å². The van der Waals surface area contributed by atoms with Crippen molar-refractivity contribution < 1.29 is 9.90 Å². The number of hydrogen-bond acceptors (Lipinski definition) is 3. The number of amides is 1. The third-order valence-electron chi connectivity index (χ3n) is 4.43. The van der Waals surface area contributed by atoms with Gasteiger partial charge in [0.1, 0.15) is 0 Å². The number of aliphatic hydroxyl groups is 1. The molecule has 0 saturated carbocycles. The number of rotatable bonds is 7. The molecule has 1 aliphatic heterocycles. The molecule has 1 amide bonds. The number of likely N-dealkylation sites (tertiary alicyclic amines) is 1. The average Bonchev–Trinajstić information content (AvgIpc) is 2.88. The Hall–Kier alpha value is -0.870. The lowest BCUT2D eigenvalue weighted by Gasteiger charge is -2.16. The molecule has 0 aromatic carbocycles. The van der Waals surface area contributed by atoms with Crippen molar-refractivity contribution in [2.24, 2.45) is 5.92 Å². The number of nitrogens with one attached hydrogen (secondary N) is 1. The highest BCUT2D eigenvalue weighted by Gasteiger charge is 2.23. The van der Waals surface area contributed by atoms with Crippen LogP contribution in [0.1, 0.15) is 44.9 Å².